The van der Waals surface area contributed by atoms with Gasteiger partial charge in [-0.2, -0.15) is 0 Å². The molecule has 1 aliphatic heterocycles. The summed E-state index contributed by atoms with van der Waals surface area (Å²) >= 11 is 0. The van der Waals surface area contributed by atoms with E-state index in [4.69, 9.17) is 4.74 Å². The van der Waals surface area contributed by atoms with Crippen molar-refractivity contribution in [3.8, 4) is 11.1 Å². The van der Waals surface area contributed by atoms with Gasteiger partial charge in [-0.25, -0.2) is 4.79 Å². The maximum absolute atomic E-state index is 13.1. The zero-order valence-corrected chi connectivity index (χ0v) is 18.2. The van der Waals surface area contributed by atoms with Crippen LogP contribution in [0, 0.1) is 0 Å². The molecule has 3 aromatic carbocycles. The molecule has 5 rings (SSSR count). The van der Waals surface area contributed by atoms with Gasteiger partial charge in [0.2, 0.25) is 5.91 Å². The molecule has 1 unspecified atom stereocenters. The second-order valence-corrected chi connectivity index (χ2v) is 8.21. The molecule has 1 saturated heterocycles. The molecule has 4 aromatic rings. The van der Waals surface area contributed by atoms with Crippen molar-refractivity contribution >= 4 is 28.6 Å². The molecule has 1 atom stereocenters. The number of fused-ring (bicyclic) bond motifs is 1. The lowest BCUT2D eigenvalue weighted by Gasteiger charge is -2.23. The Morgan fingerprint density at radius 3 is 2.73 bits per heavy atom. The van der Waals surface area contributed by atoms with Crippen molar-refractivity contribution < 1.29 is 14.3 Å². The van der Waals surface area contributed by atoms with Gasteiger partial charge < -0.3 is 15.0 Å². The Morgan fingerprint density at radius 2 is 1.85 bits per heavy atom. The van der Waals surface area contributed by atoms with Crippen molar-refractivity contribution in [3.63, 3.8) is 0 Å². The third kappa shape index (κ3) is 4.46. The summed E-state index contributed by atoms with van der Waals surface area (Å²) in [5.41, 5.74) is 4.75. The van der Waals surface area contributed by atoms with Gasteiger partial charge in [0.25, 0.3) is 0 Å². The number of likely N-dealkylation sites (tertiary alicyclic amines) is 1. The number of aromatic amines is 1. The van der Waals surface area contributed by atoms with E-state index in [1.165, 1.54) is 4.90 Å². The number of hydrogen-bond donors (Lipinski definition) is 2. The zero-order valence-electron chi connectivity index (χ0n) is 18.2. The first-order valence-corrected chi connectivity index (χ1v) is 11.1. The van der Waals surface area contributed by atoms with Crippen LogP contribution in [0.4, 0.5) is 10.5 Å². The summed E-state index contributed by atoms with van der Waals surface area (Å²) in [4.78, 5) is 30.5. The van der Waals surface area contributed by atoms with Crippen LogP contribution in [0.5, 0.6) is 0 Å². The molecule has 0 spiro atoms. The van der Waals surface area contributed by atoms with Crippen LogP contribution >= 0.6 is 0 Å². The smallest absolute Gasteiger partial charge is 0.410 e. The van der Waals surface area contributed by atoms with Gasteiger partial charge in [0.05, 0.1) is 5.52 Å². The van der Waals surface area contributed by atoms with Crippen LogP contribution in [0.15, 0.2) is 85.1 Å². The van der Waals surface area contributed by atoms with E-state index < -0.39 is 12.1 Å². The van der Waals surface area contributed by atoms with E-state index in [9.17, 15) is 9.59 Å². The lowest BCUT2D eigenvalue weighted by Crippen LogP contribution is -2.43. The van der Waals surface area contributed by atoms with E-state index in [2.05, 4.69) is 22.4 Å². The first kappa shape index (κ1) is 20.8. The Labute approximate surface area is 192 Å². The van der Waals surface area contributed by atoms with E-state index in [1.807, 2.05) is 72.9 Å². The van der Waals surface area contributed by atoms with Crippen LogP contribution in [0.1, 0.15) is 18.4 Å². The second kappa shape index (κ2) is 9.20. The van der Waals surface area contributed by atoms with Gasteiger partial charge in [-0.15, -0.1) is 0 Å². The van der Waals surface area contributed by atoms with Crippen molar-refractivity contribution in [1.29, 1.82) is 0 Å². The van der Waals surface area contributed by atoms with Crippen LogP contribution in [0.3, 0.4) is 0 Å². The lowest BCUT2D eigenvalue weighted by atomic mass is 10.0. The molecule has 0 aliphatic carbocycles. The van der Waals surface area contributed by atoms with Crippen molar-refractivity contribution in [1.82, 2.24) is 9.88 Å². The maximum atomic E-state index is 13.1. The third-order valence-corrected chi connectivity index (χ3v) is 6.02. The number of aromatic nitrogens is 1. The molecule has 1 fully saturated rings. The monoisotopic (exact) mass is 439 g/mol. The molecule has 2 amide bonds. The first-order valence-electron chi connectivity index (χ1n) is 11.1. The highest BCUT2D eigenvalue weighted by molar-refractivity contribution is 5.99. The van der Waals surface area contributed by atoms with Crippen LogP contribution in [-0.2, 0) is 16.1 Å². The number of ether oxygens (including phenoxy) is 1. The Hall–Kier alpha value is -4.06. The molecular weight excluding hydrogens is 414 g/mol. The van der Waals surface area contributed by atoms with Crippen LogP contribution in [0.25, 0.3) is 22.0 Å². The number of H-pyrrole nitrogens is 1. The molecule has 0 saturated carbocycles. The van der Waals surface area contributed by atoms with Gasteiger partial charge in [-0.1, -0.05) is 60.7 Å². The number of benzene rings is 3. The van der Waals surface area contributed by atoms with Crippen molar-refractivity contribution in [2.75, 3.05) is 11.9 Å². The van der Waals surface area contributed by atoms with Crippen molar-refractivity contribution in [3.05, 3.63) is 90.6 Å². The number of nitrogens with one attached hydrogen (secondary N) is 2. The Balaban J connectivity index is 1.27. The molecule has 1 aromatic heterocycles. The summed E-state index contributed by atoms with van der Waals surface area (Å²) in [5.74, 6) is -0.195. The number of para-hydroxylation sites is 1. The molecule has 33 heavy (non-hydrogen) atoms. The Bertz CT molecular complexity index is 1280. The predicted molar refractivity (Wildman–Crippen MR) is 129 cm³/mol. The maximum Gasteiger partial charge on any atom is 0.410 e. The minimum atomic E-state index is -0.538. The number of rotatable bonds is 5. The number of hydrogen-bond acceptors (Lipinski definition) is 3. The van der Waals surface area contributed by atoms with Gasteiger partial charge in [-0.3, -0.25) is 9.69 Å². The number of carbonyl (C=O) groups excluding carboxylic acids is 2. The fourth-order valence-corrected chi connectivity index (χ4v) is 4.38. The summed E-state index contributed by atoms with van der Waals surface area (Å²) < 4.78 is 5.46. The first-order chi connectivity index (χ1) is 16.2. The minimum absolute atomic E-state index is 0.191. The standard InChI is InChI=1S/C27H25N3O3/c31-26(24-13-6-16-30(24)27(32)33-18-19-7-2-1-3-8-19)29-22-11-4-10-21(17-22)23-12-5-9-20-14-15-28-25(20)23/h1-5,7-12,14-15,17,24,28H,6,13,16,18H2,(H,29,31). The Morgan fingerprint density at radius 1 is 1.00 bits per heavy atom. The quantitative estimate of drug-likeness (QED) is 0.427. The summed E-state index contributed by atoms with van der Waals surface area (Å²) in [6.45, 7) is 0.706. The fraction of sp³-hybridized carbons (Fsp3) is 0.185. The van der Waals surface area contributed by atoms with Crippen LogP contribution < -0.4 is 5.32 Å². The topological polar surface area (TPSA) is 74.4 Å². The van der Waals surface area contributed by atoms with Crippen LogP contribution in [0.2, 0.25) is 0 Å². The van der Waals surface area contributed by atoms with Gasteiger partial charge in [0.15, 0.2) is 0 Å². The van der Waals surface area contributed by atoms with Gasteiger partial charge in [0.1, 0.15) is 12.6 Å². The predicted octanol–water partition coefficient (Wildman–Crippen LogP) is 5.57. The van der Waals surface area contributed by atoms with Gasteiger partial charge >= 0.3 is 6.09 Å². The second-order valence-electron chi connectivity index (χ2n) is 8.21. The summed E-state index contributed by atoms with van der Waals surface area (Å²) in [7, 11) is 0. The number of amides is 2. The molecule has 0 bridgehead atoms. The zero-order chi connectivity index (χ0) is 22.6. The number of nitrogens with zero attached hydrogens (tertiary/aromatic N) is 1. The van der Waals surface area contributed by atoms with Crippen molar-refractivity contribution in [2.24, 2.45) is 0 Å². The van der Waals surface area contributed by atoms with Crippen molar-refractivity contribution in [2.45, 2.75) is 25.5 Å². The molecule has 1 aliphatic rings. The SMILES string of the molecule is O=C(Nc1cccc(-c2cccc3cc[nH]c23)c1)C1CCCN1C(=O)OCc1ccccc1. The summed E-state index contributed by atoms with van der Waals surface area (Å²) in [5, 5.41) is 4.13. The number of anilines is 1. The Kier molecular flexibility index (Phi) is 5.81. The fourth-order valence-electron chi connectivity index (χ4n) is 4.38. The van der Waals surface area contributed by atoms with E-state index in [1.54, 1.807) is 0 Å². The van der Waals surface area contributed by atoms with E-state index in [0.717, 1.165) is 34.0 Å². The largest absolute Gasteiger partial charge is 0.445 e. The average molecular weight is 440 g/mol. The lowest BCUT2D eigenvalue weighted by molar-refractivity contribution is -0.120. The van der Waals surface area contributed by atoms with Crippen LogP contribution in [-0.4, -0.2) is 34.5 Å². The molecule has 2 heterocycles. The molecule has 2 N–H and O–H groups in total. The van der Waals surface area contributed by atoms with E-state index in [0.29, 0.717) is 18.7 Å². The average Bonchev–Trinajstić information content (AvgIpc) is 3.53. The highest BCUT2D eigenvalue weighted by atomic mass is 16.6. The number of carbonyl (C=O) groups is 2. The third-order valence-electron chi connectivity index (χ3n) is 6.02. The normalized spacial score (nSPS) is 15.5. The molecule has 166 valence electrons. The summed E-state index contributed by atoms with van der Waals surface area (Å²) in [6.07, 6.45) is 2.86. The molecule has 6 nitrogen and oxygen atoms in total. The molecule has 0 radical (unpaired) electrons. The van der Waals surface area contributed by atoms with E-state index >= 15 is 0 Å². The summed E-state index contributed by atoms with van der Waals surface area (Å²) in [6, 6.07) is 24.9. The highest BCUT2D eigenvalue weighted by Gasteiger charge is 2.35. The van der Waals surface area contributed by atoms with Gasteiger partial charge in [-0.05, 0) is 47.6 Å². The molecular formula is C27H25N3O3. The molecule has 6 heteroatoms. The van der Waals surface area contributed by atoms with Gasteiger partial charge in [0, 0.05) is 24.0 Å². The highest BCUT2D eigenvalue weighted by Crippen LogP contribution is 2.29. The van der Waals surface area contributed by atoms with E-state index in [-0.39, 0.29) is 12.5 Å². The minimum Gasteiger partial charge on any atom is -0.445 e.